The predicted octanol–water partition coefficient (Wildman–Crippen LogP) is 6.63. The minimum Gasteiger partial charge on any atom is -0.452 e. The number of anilines is 1. The van der Waals surface area contributed by atoms with E-state index in [1.165, 1.54) is 24.8 Å². The van der Waals surface area contributed by atoms with Crippen LogP contribution in [0.4, 0.5) is 14.9 Å². The lowest BCUT2D eigenvalue weighted by molar-refractivity contribution is 0.178. The third-order valence-corrected chi connectivity index (χ3v) is 6.48. The van der Waals surface area contributed by atoms with Crippen LogP contribution in [0.3, 0.4) is 0 Å². The molecule has 1 heterocycles. The predicted molar refractivity (Wildman–Crippen MR) is 130 cm³/mol. The fraction of sp³-hybridized carbons (Fsp3) is 0.296. The summed E-state index contributed by atoms with van der Waals surface area (Å²) in [4.78, 5) is 16.6. The van der Waals surface area contributed by atoms with Crippen molar-refractivity contribution in [1.82, 2.24) is 4.90 Å². The van der Waals surface area contributed by atoms with Gasteiger partial charge in [-0.1, -0.05) is 54.1 Å². The summed E-state index contributed by atoms with van der Waals surface area (Å²) < 4.78 is 18.2. The van der Waals surface area contributed by atoms with Crippen molar-refractivity contribution < 1.29 is 13.9 Å². The molecule has 1 aliphatic rings. The van der Waals surface area contributed by atoms with Gasteiger partial charge in [-0.05, 0) is 78.9 Å². The summed E-state index contributed by atoms with van der Waals surface area (Å²) in [7, 11) is 1.39. The van der Waals surface area contributed by atoms with Crippen molar-refractivity contribution in [2.75, 3.05) is 25.1 Å². The van der Waals surface area contributed by atoms with E-state index in [1.54, 1.807) is 17.0 Å². The van der Waals surface area contributed by atoms with Gasteiger partial charge in [0.1, 0.15) is 5.82 Å². The molecule has 1 fully saturated rings. The molecule has 6 heteroatoms. The molecule has 0 radical (unpaired) electrons. The number of hydrogen-bond acceptors (Lipinski definition) is 3. The second kappa shape index (κ2) is 10.8. The highest BCUT2D eigenvalue weighted by Crippen LogP contribution is 2.32. The second-order valence-electron chi connectivity index (χ2n) is 8.41. The minimum absolute atomic E-state index is 0.201. The van der Waals surface area contributed by atoms with Crippen LogP contribution in [-0.2, 0) is 17.8 Å². The Morgan fingerprint density at radius 2 is 1.79 bits per heavy atom. The summed E-state index contributed by atoms with van der Waals surface area (Å²) in [6.45, 7) is 3.20. The lowest BCUT2D eigenvalue weighted by Gasteiger charge is -2.33. The van der Waals surface area contributed by atoms with Gasteiger partial charge in [-0.25, -0.2) is 9.18 Å². The van der Waals surface area contributed by atoms with E-state index in [9.17, 15) is 9.18 Å². The van der Waals surface area contributed by atoms with Gasteiger partial charge in [0.2, 0.25) is 0 Å². The Labute approximate surface area is 199 Å². The van der Waals surface area contributed by atoms with Crippen LogP contribution in [0.2, 0.25) is 5.02 Å². The zero-order chi connectivity index (χ0) is 23.2. The third-order valence-electron chi connectivity index (χ3n) is 6.25. The van der Waals surface area contributed by atoms with Gasteiger partial charge >= 0.3 is 6.09 Å². The number of benzene rings is 3. The molecule has 172 valence electrons. The number of amides is 1. The van der Waals surface area contributed by atoms with Crippen molar-refractivity contribution in [2.24, 2.45) is 0 Å². The molecule has 33 heavy (non-hydrogen) atoms. The van der Waals surface area contributed by atoms with E-state index >= 15 is 0 Å². The number of piperidine rings is 1. The molecule has 0 unspecified atom stereocenters. The molecule has 3 aromatic carbocycles. The number of rotatable bonds is 6. The number of halogens is 2. The van der Waals surface area contributed by atoms with Crippen molar-refractivity contribution in [3.63, 3.8) is 0 Å². The number of hydrogen-bond donors (Lipinski definition) is 0. The van der Waals surface area contributed by atoms with Crippen LogP contribution in [-0.4, -0.2) is 31.2 Å². The Hall–Kier alpha value is -2.89. The molecule has 0 saturated carbocycles. The van der Waals surface area contributed by atoms with Crippen molar-refractivity contribution >= 4 is 23.4 Å². The molecule has 1 saturated heterocycles. The van der Waals surface area contributed by atoms with Crippen molar-refractivity contribution in [1.29, 1.82) is 0 Å². The maximum Gasteiger partial charge on any atom is 0.414 e. The molecule has 3 aromatic rings. The molecule has 4 rings (SSSR count). The molecular formula is C27H28ClFN2O2. The molecule has 0 spiro atoms. The second-order valence-corrected chi connectivity index (χ2v) is 8.85. The van der Waals surface area contributed by atoms with E-state index in [4.69, 9.17) is 16.3 Å². The normalized spacial score (nSPS) is 14.8. The topological polar surface area (TPSA) is 32.8 Å². The van der Waals surface area contributed by atoms with E-state index in [-0.39, 0.29) is 5.82 Å². The molecule has 1 aliphatic heterocycles. The van der Waals surface area contributed by atoms with Crippen LogP contribution in [0.15, 0.2) is 72.8 Å². The summed E-state index contributed by atoms with van der Waals surface area (Å²) in [5.74, 6) is 0.220. The van der Waals surface area contributed by atoms with Gasteiger partial charge in [-0.3, -0.25) is 9.80 Å². The molecule has 0 N–H and O–H groups in total. The highest BCUT2D eigenvalue weighted by atomic mass is 35.5. The van der Waals surface area contributed by atoms with Gasteiger partial charge in [0.15, 0.2) is 0 Å². The number of likely N-dealkylation sites (tertiary alicyclic amines) is 1. The Morgan fingerprint density at radius 1 is 1.06 bits per heavy atom. The van der Waals surface area contributed by atoms with E-state index in [0.717, 1.165) is 43.6 Å². The van der Waals surface area contributed by atoms with Crippen molar-refractivity contribution in [2.45, 2.75) is 31.8 Å². The molecule has 1 amide bonds. The summed E-state index contributed by atoms with van der Waals surface area (Å²) in [5.41, 5.74) is 4.22. The maximum absolute atomic E-state index is 13.2. The number of methoxy groups -OCH3 is 1. The SMILES string of the molecule is COC(=O)N(Cc1ccccc1C1CCN(Cc2ccc(F)cc2)CC1)c1cccc(Cl)c1. The fourth-order valence-electron chi connectivity index (χ4n) is 4.51. The van der Waals surface area contributed by atoms with Crippen molar-refractivity contribution in [3.05, 3.63) is 100 Å². The minimum atomic E-state index is -0.416. The first kappa shape index (κ1) is 23.3. The first-order chi connectivity index (χ1) is 16.0. The van der Waals surface area contributed by atoms with Crippen LogP contribution >= 0.6 is 11.6 Å². The third kappa shape index (κ3) is 5.92. The Bertz CT molecular complexity index is 1080. The van der Waals surface area contributed by atoms with Crippen LogP contribution in [0.5, 0.6) is 0 Å². The lowest BCUT2D eigenvalue weighted by atomic mass is 9.86. The highest BCUT2D eigenvalue weighted by Gasteiger charge is 2.25. The van der Waals surface area contributed by atoms with E-state index in [0.29, 0.717) is 23.2 Å². The summed E-state index contributed by atoms with van der Waals surface area (Å²) in [5, 5.41) is 0.572. The van der Waals surface area contributed by atoms with Gasteiger partial charge in [0, 0.05) is 17.3 Å². The van der Waals surface area contributed by atoms with Crippen LogP contribution in [0, 0.1) is 5.82 Å². The first-order valence-corrected chi connectivity index (χ1v) is 11.6. The molecule has 4 nitrogen and oxygen atoms in total. The fourth-order valence-corrected chi connectivity index (χ4v) is 4.70. The Morgan fingerprint density at radius 3 is 2.48 bits per heavy atom. The molecule has 0 aromatic heterocycles. The molecule has 0 aliphatic carbocycles. The average molecular weight is 467 g/mol. The summed E-state index contributed by atoms with van der Waals surface area (Å²) in [6.07, 6.45) is 1.66. The van der Waals surface area contributed by atoms with Gasteiger partial charge in [0.25, 0.3) is 0 Å². The van der Waals surface area contributed by atoms with Gasteiger partial charge in [-0.2, -0.15) is 0 Å². The summed E-state index contributed by atoms with van der Waals surface area (Å²) in [6, 6.07) is 22.3. The largest absolute Gasteiger partial charge is 0.452 e. The van der Waals surface area contributed by atoms with Gasteiger partial charge < -0.3 is 4.74 Å². The smallest absolute Gasteiger partial charge is 0.414 e. The monoisotopic (exact) mass is 466 g/mol. The number of carbonyl (C=O) groups is 1. The molecular weight excluding hydrogens is 439 g/mol. The van der Waals surface area contributed by atoms with Crippen LogP contribution in [0.1, 0.15) is 35.4 Å². The Balaban J connectivity index is 1.47. The van der Waals surface area contributed by atoms with Crippen molar-refractivity contribution in [3.8, 4) is 0 Å². The maximum atomic E-state index is 13.2. The molecule has 0 atom stereocenters. The summed E-state index contributed by atoms with van der Waals surface area (Å²) >= 11 is 6.17. The van der Waals surface area contributed by atoms with Gasteiger partial charge in [-0.15, -0.1) is 0 Å². The van der Waals surface area contributed by atoms with E-state index < -0.39 is 6.09 Å². The zero-order valence-electron chi connectivity index (χ0n) is 18.7. The zero-order valence-corrected chi connectivity index (χ0v) is 19.5. The highest BCUT2D eigenvalue weighted by molar-refractivity contribution is 6.30. The first-order valence-electron chi connectivity index (χ1n) is 11.2. The van der Waals surface area contributed by atoms with Crippen LogP contribution in [0.25, 0.3) is 0 Å². The lowest BCUT2D eigenvalue weighted by Crippen LogP contribution is -2.33. The van der Waals surface area contributed by atoms with E-state index in [1.807, 2.05) is 30.3 Å². The quantitative estimate of drug-likeness (QED) is 0.408. The standard InChI is InChI=1S/C27H28ClFN2O2/c1-33-27(32)31(25-7-4-6-23(28)17-25)19-22-5-2-3-8-26(22)21-13-15-30(16-14-21)18-20-9-11-24(29)12-10-20/h2-12,17,21H,13-16,18-19H2,1H3. The van der Waals surface area contributed by atoms with E-state index in [2.05, 4.69) is 23.1 Å². The van der Waals surface area contributed by atoms with Gasteiger partial charge in [0.05, 0.1) is 13.7 Å². The van der Waals surface area contributed by atoms with Crippen LogP contribution < -0.4 is 4.90 Å². The number of carbonyl (C=O) groups excluding carboxylic acids is 1. The number of nitrogens with zero attached hydrogens (tertiary/aromatic N) is 2. The molecule has 0 bridgehead atoms. The number of ether oxygens (including phenoxy) is 1. The Kier molecular flexibility index (Phi) is 7.63. The average Bonchev–Trinajstić information content (AvgIpc) is 2.84.